The van der Waals surface area contributed by atoms with Crippen LogP contribution >= 0.6 is 15.9 Å². The summed E-state index contributed by atoms with van der Waals surface area (Å²) < 4.78 is 0.951. The Morgan fingerprint density at radius 1 is 0.892 bits per heavy atom. The lowest BCUT2D eigenvalue weighted by molar-refractivity contribution is 0.0681. The van der Waals surface area contributed by atoms with Crippen molar-refractivity contribution in [2.75, 3.05) is 38.0 Å². The molecule has 1 amide bonds. The predicted octanol–water partition coefficient (Wildman–Crippen LogP) is 7.02. The highest BCUT2D eigenvalue weighted by Gasteiger charge is 2.43. The fraction of sp³-hybridized carbons (Fsp3) is 0.290. The van der Waals surface area contributed by atoms with Gasteiger partial charge in [0, 0.05) is 55.5 Å². The van der Waals surface area contributed by atoms with Crippen LogP contribution in [0.25, 0.3) is 6.08 Å². The van der Waals surface area contributed by atoms with E-state index in [4.69, 9.17) is 5.10 Å². The molecular formula is C31H33BrN4O. The number of rotatable bonds is 5. The van der Waals surface area contributed by atoms with Crippen LogP contribution in [0.15, 0.2) is 87.9 Å². The summed E-state index contributed by atoms with van der Waals surface area (Å²) >= 11 is 3.48. The predicted molar refractivity (Wildman–Crippen MR) is 157 cm³/mol. The van der Waals surface area contributed by atoms with Crippen LogP contribution < -0.4 is 9.80 Å². The van der Waals surface area contributed by atoms with Gasteiger partial charge in [-0.1, -0.05) is 40.2 Å². The van der Waals surface area contributed by atoms with Gasteiger partial charge in [-0.25, -0.2) is 5.01 Å². The molecule has 1 fully saturated rings. The van der Waals surface area contributed by atoms with E-state index in [-0.39, 0.29) is 17.9 Å². The average molecular weight is 558 g/mol. The Labute approximate surface area is 228 Å². The molecule has 0 spiro atoms. The third-order valence-electron chi connectivity index (χ3n) is 7.30. The number of halogens is 1. The SMILES string of the molecule is CN(C)c1ccc(/C=C2/CCC[C@H]3C2=NN(C(=O)c2ccc(Br)cc2)[C@H]3c2ccc(N(C)C)cc2)cc1. The topological polar surface area (TPSA) is 39.1 Å². The second kappa shape index (κ2) is 10.5. The Morgan fingerprint density at radius 2 is 1.49 bits per heavy atom. The summed E-state index contributed by atoms with van der Waals surface area (Å²) in [7, 11) is 8.18. The van der Waals surface area contributed by atoms with Crippen molar-refractivity contribution in [1.82, 2.24) is 5.01 Å². The van der Waals surface area contributed by atoms with E-state index >= 15 is 0 Å². The number of fused-ring (bicyclic) bond motifs is 1. The highest BCUT2D eigenvalue weighted by atomic mass is 79.9. The molecule has 190 valence electrons. The number of hydrogen-bond acceptors (Lipinski definition) is 4. The third-order valence-corrected chi connectivity index (χ3v) is 7.83. The quantitative estimate of drug-likeness (QED) is 0.339. The molecule has 37 heavy (non-hydrogen) atoms. The Balaban J connectivity index is 1.54. The van der Waals surface area contributed by atoms with E-state index in [1.165, 1.54) is 11.3 Å². The zero-order chi connectivity index (χ0) is 26.1. The molecule has 5 nitrogen and oxygen atoms in total. The summed E-state index contributed by atoms with van der Waals surface area (Å²) in [6.45, 7) is 0. The largest absolute Gasteiger partial charge is 0.378 e. The van der Waals surface area contributed by atoms with Gasteiger partial charge >= 0.3 is 0 Å². The third kappa shape index (κ3) is 5.21. The van der Waals surface area contributed by atoms with Crippen molar-refractivity contribution < 1.29 is 4.79 Å². The van der Waals surface area contributed by atoms with Crippen LogP contribution in [0, 0.1) is 5.92 Å². The van der Waals surface area contributed by atoms with Crippen LogP contribution in [0.3, 0.4) is 0 Å². The second-order valence-electron chi connectivity index (χ2n) is 10.2. The summed E-state index contributed by atoms with van der Waals surface area (Å²) in [5, 5.41) is 6.79. The lowest BCUT2D eigenvalue weighted by Gasteiger charge is -2.30. The molecule has 1 aliphatic heterocycles. The molecule has 1 saturated carbocycles. The fourth-order valence-electron chi connectivity index (χ4n) is 5.27. The number of nitrogens with zero attached hydrogens (tertiary/aromatic N) is 4. The van der Waals surface area contributed by atoms with Gasteiger partial charge in [0.25, 0.3) is 5.91 Å². The first kappa shape index (κ1) is 25.3. The number of benzene rings is 3. The van der Waals surface area contributed by atoms with Crippen molar-refractivity contribution in [2.24, 2.45) is 11.0 Å². The van der Waals surface area contributed by atoms with Gasteiger partial charge in [-0.05, 0) is 90.6 Å². The minimum atomic E-state index is -0.123. The lowest BCUT2D eigenvalue weighted by Crippen LogP contribution is -2.32. The summed E-state index contributed by atoms with van der Waals surface area (Å²) in [5.41, 5.74) is 7.52. The normalized spacial score (nSPS) is 20.0. The Bertz CT molecular complexity index is 1330. The van der Waals surface area contributed by atoms with Crippen LogP contribution in [-0.4, -0.2) is 44.8 Å². The number of allylic oxidation sites excluding steroid dienone is 1. The molecule has 1 heterocycles. The van der Waals surface area contributed by atoms with E-state index in [0.717, 1.165) is 46.3 Å². The van der Waals surface area contributed by atoms with E-state index < -0.39 is 0 Å². The molecule has 0 bridgehead atoms. The van der Waals surface area contributed by atoms with Crippen LogP contribution in [0.4, 0.5) is 11.4 Å². The maximum atomic E-state index is 13.8. The summed E-state index contributed by atoms with van der Waals surface area (Å²) in [6.07, 6.45) is 5.32. The molecule has 2 aliphatic rings. The van der Waals surface area contributed by atoms with Gasteiger partial charge in [-0.15, -0.1) is 0 Å². The van der Waals surface area contributed by atoms with Gasteiger partial charge in [0.2, 0.25) is 0 Å². The standard InChI is InChI=1S/C31H33BrN4O/c1-34(2)26-16-8-21(9-17-26)20-24-6-5-7-28-29(24)33-36(31(37)23-10-14-25(32)15-11-23)30(28)22-12-18-27(19-13-22)35(3)4/h8-20,28,30H,5-7H2,1-4H3/b24-20-/t28-,30-/m0/s1. The molecule has 0 N–H and O–H groups in total. The van der Waals surface area contributed by atoms with Crippen LogP contribution in [0.2, 0.25) is 0 Å². The van der Waals surface area contributed by atoms with Crippen LogP contribution in [0.1, 0.15) is 46.8 Å². The molecule has 0 unspecified atom stereocenters. The first-order valence-electron chi connectivity index (χ1n) is 12.7. The van der Waals surface area contributed by atoms with Gasteiger partial charge in [-0.3, -0.25) is 4.79 Å². The summed E-state index contributed by atoms with van der Waals surface area (Å²) in [5.74, 6) is 0.108. The average Bonchev–Trinajstić information content (AvgIpc) is 3.30. The minimum absolute atomic E-state index is 0.0641. The molecule has 5 rings (SSSR count). The van der Waals surface area contributed by atoms with Crippen molar-refractivity contribution >= 4 is 45.0 Å². The first-order valence-corrected chi connectivity index (χ1v) is 13.5. The van der Waals surface area contributed by atoms with Gasteiger partial charge in [0.1, 0.15) is 0 Å². The molecule has 0 aromatic heterocycles. The zero-order valence-corrected chi connectivity index (χ0v) is 23.4. The summed E-state index contributed by atoms with van der Waals surface area (Å²) in [6, 6.07) is 24.6. The molecule has 1 aliphatic carbocycles. The zero-order valence-electron chi connectivity index (χ0n) is 21.9. The number of amides is 1. The Morgan fingerprint density at radius 3 is 2.08 bits per heavy atom. The van der Waals surface area contributed by atoms with Gasteiger partial charge < -0.3 is 9.80 Å². The van der Waals surface area contributed by atoms with E-state index in [1.807, 2.05) is 38.4 Å². The molecular weight excluding hydrogens is 524 g/mol. The smallest absolute Gasteiger partial charge is 0.274 e. The highest BCUT2D eigenvalue weighted by Crippen LogP contribution is 2.45. The van der Waals surface area contributed by atoms with Crippen molar-refractivity contribution in [3.63, 3.8) is 0 Å². The number of hydrazone groups is 1. The maximum absolute atomic E-state index is 13.8. The van der Waals surface area contributed by atoms with E-state index in [2.05, 4.69) is 94.4 Å². The monoisotopic (exact) mass is 556 g/mol. The molecule has 6 heteroatoms. The second-order valence-corrected chi connectivity index (χ2v) is 11.1. The number of carbonyl (C=O) groups excluding carboxylic acids is 1. The van der Waals surface area contributed by atoms with Crippen LogP contribution in [-0.2, 0) is 0 Å². The number of hydrogen-bond donors (Lipinski definition) is 0. The molecule has 3 aromatic rings. The number of carbonyl (C=O) groups is 1. The van der Waals surface area contributed by atoms with Gasteiger partial charge in [0.15, 0.2) is 0 Å². The highest BCUT2D eigenvalue weighted by molar-refractivity contribution is 9.10. The van der Waals surface area contributed by atoms with Gasteiger partial charge in [0.05, 0.1) is 11.8 Å². The van der Waals surface area contributed by atoms with E-state index in [1.54, 1.807) is 5.01 Å². The van der Waals surface area contributed by atoms with E-state index in [9.17, 15) is 4.79 Å². The molecule has 2 atom stereocenters. The Kier molecular flexibility index (Phi) is 7.20. The molecule has 0 radical (unpaired) electrons. The van der Waals surface area contributed by atoms with Crippen molar-refractivity contribution in [2.45, 2.75) is 25.3 Å². The van der Waals surface area contributed by atoms with Crippen molar-refractivity contribution in [3.05, 3.63) is 99.5 Å². The molecule has 3 aromatic carbocycles. The van der Waals surface area contributed by atoms with E-state index in [0.29, 0.717) is 5.56 Å². The number of anilines is 2. The Hall–Kier alpha value is -3.38. The minimum Gasteiger partial charge on any atom is -0.378 e. The summed E-state index contributed by atoms with van der Waals surface area (Å²) in [4.78, 5) is 18.0. The van der Waals surface area contributed by atoms with Crippen molar-refractivity contribution in [3.8, 4) is 0 Å². The fourth-order valence-corrected chi connectivity index (χ4v) is 5.53. The van der Waals surface area contributed by atoms with Crippen LogP contribution in [0.5, 0.6) is 0 Å². The van der Waals surface area contributed by atoms with Crippen molar-refractivity contribution in [1.29, 1.82) is 0 Å². The van der Waals surface area contributed by atoms with Gasteiger partial charge in [-0.2, -0.15) is 5.10 Å². The first-order chi connectivity index (χ1) is 17.8. The maximum Gasteiger partial charge on any atom is 0.274 e. The molecule has 0 saturated heterocycles. The lowest BCUT2D eigenvalue weighted by atomic mass is 9.77.